The van der Waals surface area contributed by atoms with Crippen molar-refractivity contribution < 1.29 is 9.21 Å². The lowest BCUT2D eigenvalue weighted by atomic mass is 10.2. The van der Waals surface area contributed by atoms with Gasteiger partial charge in [0.25, 0.3) is 0 Å². The fourth-order valence-electron chi connectivity index (χ4n) is 3.70. The van der Waals surface area contributed by atoms with E-state index < -0.39 is 5.76 Å². The molecule has 0 unspecified atom stereocenters. The average molecular weight is 473 g/mol. The van der Waals surface area contributed by atoms with Crippen LogP contribution >= 0.6 is 22.9 Å². The largest absolute Gasteiger partial charge is 0.420 e. The molecule has 2 aromatic carbocycles. The van der Waals surface area contributed by atoms with Crippen molar-refractivity contribution in [2.75, 3.05) is 31.1 Å². The van der Waals surface area contributed by atoms with E-state index in [2.05, 4.69) is 18.7 Å². The molecule has 0 spiro atoms. The van der Waals surface area contributed by atoms with Gasteiger partial charge in [0.15, 0.2) is 10.7 Å². The third kappa shape index (κ3) is 4.30. The molecule has 0 radical (unpaired) electrons. The summed E-state index contributed by atoms with van der Waals surface area (Å²) in [4.78, 5) is 34.5. The molecule has 0 aliphatic rings. The lowest BCUT2D eigenvalue weighted by molar-refractivity contribution is -0.119. The summed E-state index contributed by atoms with van der Waals surface area (Å²) in [6, 6.07) is 10.9. The zero-order chi connectivity index (χ0) is 22.8. The smallest absolute Gasteiger partial charge is 0.408 e. The number of amides is 1. The van der Waals surface area contributed by atoms with Gasteiger partial charge in [-0.05, 0) is 49.8 Å². The zero-order valence-electron chi connectivity index (χ0n) is 18.3. The van der Waals surface area contributed by atoms with Crippen molar-refractivity contribution in [3.8, 4) is 0 Å². The summed E-state index contributed by atoms with van der Waals surface area (Å²) < 4.78 is 7.63. The van der Waals surface area contributed by atoms with Crippen molar-refractivity contribution in [3.05, 3.63) is 57.5 Å². The highest BCUT2D eigenvalue weighted by Gasteiger charge is 2.23. The third-order valence-electron chi connectivity index (χ3n) is 5.67. The van der Waals surface area contributed by atoms with Crippen LogP contribution in [0.1, 0.15) is 19.4 Å². The molecule has 9 heteroatoms. The van der Waals surface area contributed by atoms with Gasteiger partial charge in [-0.15, -0.1) is 0 Å². The van der Waals surface area contributed by atoms with E-state index in [0.29, 0.717) is 34.3 Å². The summed E-state index contributed by atoms with van der Waals surface area (Å²) >= 11 is 7.73. The van der Waals surface area contributed by atoms with Crippen LogP contribution in [0.25, 0.3) is 21.3 Å². The fourth-order valence-corrected chi connectivity index (χ4v) is 4.92. The summed E-state index contributed by atoms with van der Waals surface area (Å²) in [5.41, 5.74) is 2.75. The quantitative estimate of drug-likeness (QED) is 0.376. The number of nitrogens with zero attached hydrogens (tertiary/aromatic N) is 4. The Morgan fingerprint density at radius 2 is 1.91 bits per heavy atom. The lowest BCUT2D eigenvalue weighted by Gasteiger charge is -2.24. The number of halogens is 1. The molecular weight excluding hydrogens is 448 g/mol. The van der Waals surface area contributed by atoms with E-state index >= 15 is 0 Å². The molecule has 1 amide bonds. The standard InChI is InChI=1S/C23H25ClN4O3S/c1-4-26(5-2)12-13-27(22-25-21-15(3)16(24)10-11-19(21)32-22)20(29)14-28-17-8-6-7-9-18(17)31-23(28)30/h6-11H,4-5,12-14H2,1-3H3. The number of hydrogen-bond donors (Lipinski definition) is 0. The van der Waals surface area contributed by atoms with Crippen molar-refractivity contribution in [3.63, 3.8) is 0 Å². The number of benzene rings is 2. The summed E-state index contributed by atoms with van der Waals surface area (Å²) in [7, 11) is 0. The van der Waals surface area contributed by atoms with Crippen LogP contribution in [0.15, 0.2) is 45.6 Å². The Morgan fingerprint density at radius 3 is 2.66 bits per heavy atom. The highest BCUT2D eigenvalue weighted by molar-refractivity contribution is 7.22. The fraction of sp³-hybridized carbons (Fsp3) is 0.348. The summed E-state index contributed by atoms with van der Waals surface area (Å²) in [5, 5.41) is 1.25. The first-order valence-electron chi connectivity index (χ1n) is 10.6. The number of oxazole rings is 1. The molecule has 2 aromatic heterocycles. The molecule has 0 saturated heterocycles. The highest BCUT2D eigenvalue weighted by atomic mass is 35.5. The van der Waals surface area contributed by atoms with E-state index in [9.17, 15) is 9.59 Å². The number of carbonyl (C=O) groups is 1. The first kappa shape index (κ1) is 22.5. The van der Waals surface area contributed by atoms with Crippen molar-refractivity contribution in [1.29, 1.82) is 0 Å². The van der Waals surface area contributed by atoms with Crippen molar-refractivity contribution in [2.24, 2.45) is 0 Å². The summed E-state index contributed by atoms with van der Waals surface area (Å²) in [6.45, 7) is 8.94. The average Bonchev–Trinajstić information content (AvgIpc) is 3.35. The molecule has 0 saturated carbocycles. The SMILES string of the molecule is CCN(CC)CCN(C(=O)Cn1c(=O)oc2ccccc21)c1nc2c(C)c(Cl)ccc2s1. The van der Waals surface area contributed by atoms with Crippen LogP contribution in [0.5, 0.6) is 0 Å². The number of fused-ring (bicyclic) bond motifs is 2. The molecular formula is C23H25ClN4O3S. The number of aryl methyl sites for hydroxylation is 1. The number of para-hydroxylation sites is 2. The first-order chi connectivity index (χ1) is 15.4. The number of aromatic nitrogens is 2. The maximum Gasteiger partial charge on any atom is 0.420 e. The van der Waals surface area contributed by atoms with E-state index in [4.69, 9.17) is 21.0 Å². The Balaban J connectivity index is 1.70. The highest BCUT2D eigenvalue weighted by Crippen LogP contribution is 2.33. The summed E-state index contributed by atoms with van der Waals surface area (Å²) in [6.07, 6.45) is 0. The Kier molecular flexibility index (Phi) is 6.64. The molecule has 168 valence electrons. The second-order valence-corrected chi connectivity index (χ2v) is 8.93. The lowest BCUT2D eigenvalue weighted by Crippen LogP contribution is -2.41. The number of thiazole rings is 1. The molecule has 0 N–H and O–H groups in total. The van der Waals surface area contributed by atoms with Crippen molar-refractivity contribution in [2.45, 2.75) is 27.3 Å². The molecule has 0 aliphatic carbocycles. The molecule has 4 aromatic rings. The van der Waals surface area contributed by atoms with Gasteiger partial charge in [-0.25, -0.2) is 9.78 Å². The second kappa shape index (κ2) is 9.44. The minimum absolute atomic E-state index is 0.121. The molecule has 0 aliphatic heterocycles. The number of hydrogen-bond acceptors (Lipinski definition) is 6. The van der Waals surface area contributed by atoms with Crippen LogP contribution < -0.4 is 10.7 Å². The van der Waals surface area contributed by atoms with E-state index in [1.165, 1.54) is 15.9 Å². The topological polar surface area (TPSA) is 71.6 Å². The third-order valence-corrected chi connectivity index (χ3v) is 7.12. The van der Waals surface area contributed by atoms with Gasteiger partial charge in [0.1, 0.15) is 6.54 Å². The molecule has 4 rings (SSSR count). The van der Waals surface area contributed by atoms with Crippen LogP contribution in [-0.2, 0) is 11.3 Å². The Morgan fingerprint density at radius 1 is 1.16 bits per heavy atom. The Bertz CT molecular complexity index is 1320. The molecule has 0 bridgehead atoms. The van der Waals surface area contributed by atoms with Crippen molar-refractivity contribution >= 4 is 55.3 Å². The van der Waals surface area contributed by atoms with Crippen LogP contribution in [0.4, 0.5) is 5.13 Å². The van der Waals surface area contributed by atoms with Gasteiger partial charge >= 0.3 is 5.76 Å². The summed E-state index contributed by atoms with van der Waals surface area (Å²) in [5.74, 6) is -0.760. The molecule has 32 heavy (non-hydrogen) atoms. The van der Waals surface area contributed by atoms with E-state index in [1.54, 1.807) is 23.1 Å². The molecule has 0 atom stereocenters. The van der Waals surface area contributed by atoms with Gasteiger partial charge in [-0.2, -0.15) is 0 Å². The van der Waals surface area contributed by atoms with Gasteiger partial charge in [0.2, 0.25) is 5.91 Å². The van der Waals surface area contributed by atoms with Gasteiger partial charge in [-0.3, -0.25) is 14.3 Å². The second-order valence-electron chi connectivity index (χ2n) is 7.51. The molecule has 2 heterocycles. The number of carbonyl (C=O) groups excluding carboxylic acids is 1. The van der Waals surface area contributed by atoms with Gasteiger partial charge in [0.05, 0.1) is 15.7 Å². The van der Waals surface area contributed by atoms with E-state index in [0.717, 1.165) is 28.9 Å². The molecule has 7 nitrogen and oxygen atoms in total. The first-order valence-corrected chi connectivity index (χ1v) is 11.8. The normalized spacial score (nSPS) is 11.7. The number of rotatable bonds is 8. The number of anilines is 1. The van der Waals surface area contributed by atoms with Crippen LogP contribution in [-0.4, -0.2) is 46.5 Å². The predicted octanol–water partition coefficient (Wildman–Crippen LogP) is 4.54. The monoisotopic (exact) mass is 472 g/mol. The van der Waals surface area contributed by atoms with Gasteiger partial charge < -0.3 is 9.32 Å². The predicted molar refractivity (Wildman–Crippen MR) is 130 cm³/mol. The Hall–Kier alpha value is -2.68. The van der Waals surface area contributed by atoms with Crippen LogP contribution in [0.3, 0.4) is 0 Å². The Labute approximate surface area is 194 Å². The van der Waals surface area contributed by atoms with Crippen LogP contribution in [0.2, 0.25) is 5.02 Å². The van der Waals surface area contributed by atoms with E-state index in [-0.39, 0.29) is 12.5 Å². The zero-order valence-corrected chi connectivity index (χ0v) is 19.9. The minimum atomic E-state index is -0.546. The van der Waals surface area contributed by atoms with Gasteiger partial charge in [0, 0.05) is 18.1 Å². The molecule has 0 fully saturated rings. The van der Waals surface area contributed by atoms with Crippen molar-refractivity contribution in [1.82, 2.24) is 14.5 Å². The minimum Gasteiger partial charge on any atom is -0.408 e. The van der Waals surface area contributed by atoms with E-state index in [1.807, 2.05) is 25.1 Å². The maximum atomic E-state index is 13.5. The van der Waals surface area contributed by atoms with Gasteiger partial charge in [-0.1, -0.05) is 48.9 Å². The maximum absolute atomic E-state index is 13.5. The van der Waals surface area contributed by atoms with Crippen LogP contribution in [0, 0.1) is 6.92 Å². The number of likely N-dealkylation sites (N-methyl/N-ethyl adjacent to an activating group) is 1.